The van der Waals surface area contributed by atoms with Crippen molar-refractivity contribution in [3.63, 3.8) is 0 Å². The van der Waals surface area contributed by atoms with Crippen molar-refractivity contribution >= 4 is 33.1 Å². The van der Waals surface area contributed by atoms with Crippen molar-refractivity contribution in [2.45, 2.75) is 20.3 Å². The number of rotatable bonds is 6. The lowest BCUT2D eigenvalue weighted by molar-refractivity contribution is 0.0958. The zero-order valence-electron chi connectivity index (χ0n) is 12.1. The Hall–Kier alpha value is -1.60. The van der Waals surface area contributed by atoms with Crippen molar-refractivity contribution in [3.05, 3.63) is 10.6 Å². The summed E-state index contributed by atoms with van der Waals surface area (Å²) in [7, 11) is 1.86. The molecule has 0 spiro atoms. The second-order valence-electron chi connectivity index (χ2n) is 4.70. The van der Waals surface area contributed by atoms with E-state index >= 15 is 0 Å². The molecule has 110 valence electrons. The fourth-order valence-corrected chi connectivity index (χ4v) is 3.27. The number of hydrogen-bond donors (Lipinski definition) is 3. The molecule has 2 heterocycles. The van der Waals surface area contributed by atoms with Gasteiger partial charge in [0.2, 0.25) is 0 Å². The monoisotopic (exact) mass is 295 g/mol. The first-order valence-electron chi connectivity index (χ1n) is 6.76. The highest BCUT2D eigenvalue weighted by atomic mass is 32.1. The van der Waals surface area contributed by atoms with Gasteiger partial charge in [0, 0.05) is 13.6 Å². The molecule has 6 nitrogen and oxygen atoms in total. The summed E-state index contributed by atoms with van der Waals surface area (Å²) in [5.74, 6) is -0.0976. The number of carbonyl (C=O) groups excluding carboxylic acids is 1. The lowest BCUT2D eigenvalue weighted by Crippen LogP contribution is -2.27. The van der Waals surface area contributed by atoms with Crippen LogP contribution in [0.15, 0.2) is 0 Å². The summed E-state index contributed by atoms with van der Waals surface area (Å²) >= 11 is 1.40. The minimum Gasteiger partial charge on any atom is -0.397 e. The molecule has 7 heteroatoms. The molecule has 2 aromatic rings. The van der Waals surface area contributed by atoms with E-state index in [4.69, 9.17) is 5.73 Å². The van der Waals surface area contributed by atoms with Gasteiger partial charge in [0.05, 0.1) is 16.8 Å². The Bertz CT molecular complexity index is 616. The van der Waals surface area contributed by atoms with Crippen LogP contribution in [0.25, 0.3) is 10.2 Å². The van der Waals surface area contributed by atoms with Gasteiger partial charge in [0.25, 0.3) is 5.91 Å². The summed E-state index contributed by atoms with van der Waals surface area (Å²) in [4.78, 5) is 13.7. The number of nitrogens with one attached hydrogen (secondary N) is 2. The van der Waals surface area contributed by atoms with E-state index in [9.17, 15) is 4.79 Å². The molecule has 4 N–H and O–H groups in total. The van der Waals surface area contributed by atoms with Crippen LogP contribution in [0.2, 0.25) is 0 Å². The average Bonchev–Trinajstić information content (AvgIpc) is 2.89. The average molecular weight is 295 g/mol. The molecule has 0 aromatic carbocycles. The molecule has 2 rings (SSSR count). The van der Waals surface area contributed by atoms with Gasteiger partial charge in [0.15, 0.2) is 0 Å². The van der Waals surface area contributed by atoms with E-state index in [1.165, 1.54) is 11.3 Å². The molecule has 0 radical (unpaired) electrons. The van der Waals surface area contributed by atoms with Crippen LogP contribution in [0.3, 0.4) is 0 Å². The number of aryl methyl sites for hydroxylation is 2. The molecule has 0 saturated carbocycles. The predicted molar refractivity (Wildman–Crippen MR) is 83.2 cm³/mol. The minimum atomic E-state index is -0.0976. The Kier molecular flexibility index (Phi) is 4.61. The van der Waals surface area contributed by atoms with E-state index in [0.717, 1.165) is 35.4 Å². The number of nitrogens with zero attached hydrogens (tertiary/aromatic N) is 2. The SMILES string of the molecule is CCNCCCNC(=O)c1sc2c(c(C)nn2C)c1N. The van der Waals surface area contributed by atoms with Crippen molar-refractivity contribution in [1.82, 2.24) is 20.4 Å². The second-order valence-corrected chi connectivity index (χ2v) is 5.70. The van der Waals surface area contributed by atoms with Crippen molar-refractivity contribution in [1.29, 1.82) is 0 Å². The molecule has 1 amide bonds. The van der Waals surface area contributed by atoms with E-state index in [1.807, 2.05) is 14.0 Å². The maximum Gasteiger partial charge on any atom is 0.263 e. The quantitative estimate of drug-likeness (QED) is 0.700. The summed E-state index contributed by atoms with van der Waals surface area (Å²) in [5, 5.41) is 11.3. The van der Waals surface area contributed by atoms with Crippen LogP contribution < -0.4 is 16.4 Å². The van der Waals surface area contributed by atoms with E-state index in [-0.39, 0.29) is 5.91 Å². The first-order chi connectivity index (χ1) is 9.56. The van der Waals surface area contributed by atoms with Crippen molar-refractivity contribution in [2.24, 2.45) is 7.05 Å². The van der Waals surface area contributed by atoms with Gasteiger partial charge < -0.3 is 16.4 Å². The Labute approximate surface area is 122 Å². The minimum absolute atomic E-state index is 0.0976. The molecule has 0 saturated heterocycles. The largest absolute Gasteiger partial charge is 0.397 e. The van der Waals surface area contributed by atoms with Crippen LogP contribution in [0, 0.1) is 6.92 Å². The van der Waals surface area contributed by atoms with Crippen LogP contribution in [0.1, 0.15) is 28.7 Å². The summed E-state index contributed by atoms with van der Waals surface area (Å²) in [6, 6.07) is 0. The molecule has 2 aromatic heterocycles. The molecule has 20 heavy (non-hydrogen) atoms. The third-order valence-electron chi connectivity index (χ3n) is 3.15. The van der Waals surface area contributed by atoms with Crippen molar-refractivity contribution < 1.29 is 4.79 Å². The molecule has 0 aliphatic carbocycles. The molecule has 0 bridgehead atoms. The number of nitrogens with two attached hydrogens (primary N) is 1. The summed E-state index contributed by atoms with van der Waals surface area (Å²) in [6.45, 7) is 6.47. The van der Waals surface area contributed by atoms with Crippen molar-refractivity contribution in [3.8, 4) is 0 Å². The Morgan fingerprint density at radius 3 is 2.85 bits per heavy atom. The Morgan fingerprint density at radius 1 is 1.45 bits per heavy atom. The smallest absolute Gasteiger partial charge is 0.263 e. The Balaban J connectivity index is 2.07. The van der Waals surface area contributed by atoms with Gasteiger partial charge >= 0.3 is 0 Å². The number of aromatic nitrogens is 2. The maximum absolute atomic E-state index is 12.2. The lowest BCUT2D eigenvalue weighted by Gasteiger charge is -2.05. The molecule has 0 aliphatic rings. The van der Waals surface area contributed by atoms with Gasteiger partial charge in [-0.15, -0.1) is 11.3 Å². The van der Waals surface area contributed by atoms with E-state index in [0.29, 0.717) is 17.1 Å². The fraction of sp³-hybridized carbons (Fsp3) is 0.538. The number of hydrogen-bond acceptors (Lipinski definition) is 5. The second kappa shape index (κ2) is 6.23. The first-order valence-corrected chi connectivity index (χ1v) is 7.58. The third kappa shape index (κ3) is 2.78. The van der Waals surface area contributed by atoms with Gasteiger partial charge in [-0.05, 0) is 26.4 Å². The standard InChI is InChI=1S/C13H21N5OS/c1-4-15-6-5-7-16-12(19)11-10(14)9-8(2)17-18(3)13(9)20-11/h15H,4-7,14H2,1-3H3,(H,16,19). The molecule has 0 fully saturated rings. The predicted octanol–water partition coefficient (Wildman–Crippen LogP) is 1.25. The number of anilines is 1. The first kappa shape index (κ1) is 14.8. The van der Waals surface area contributed by atoms with Gasteiger partial charge in [0.1, 0.15) is 9.71 Å². The molecular weight excluding hydrogens is 274 g/mol. The van der Waals surface area contributed by atoms with E-state index in [1.54, 1.807) is 4.68 Å². The van der Waals surface area contributed by atoms with Crippen LogP contribution in [-0.2, 0) is 7.05 Å². The topological polar surface area (TPSA) is 85.0 Å². The van der Waals surface area contributed by atoms with E-state index < -0.39 is 0 Å². The number of nitrogen functional groups attached to an aromatic ring is 1. The fourth-order valence-electron chi connectivity index (χ4n) is 2.17. The number of carbonyl (C=O) groups is 1. The highest BCUT2D eigenvalue weighted by Crippen LogP contribution is 2.35. The van der Waals surface area contributed by atoms with Gasteiger partial charge in [-0.2, -0.15) is 5.10 Å². The van der Waals surface area contributed by atoms with Gasteiger partial charge in [-0.25, -0.2) is 0 Å². The van der Waals surface area contributed by atoms with E-state index in [2.05, 4.69) is 22.7 Å². The van der Waals surface area contributed by atoms with Crippen LogP contribution in [-0.4, -0.2) is 35.3 Å². The molecular formula is C13H21N5OS. The zero-order valence-corrected chi connectivity index (χ0v) is 12.9. The maximum atomic E-state index is 12.2. The highest BCUT2D eigenvalue weighted by molar-refractivity contribution is 7.21. The van der Waals surface area contributed by atoms with Crippen LogP contribution in [0.5, 0.6) is 0 Å². The number of thiophene rings is 1. The zero-order chi connectivity index (χ0) is 14.7. The summed E-state index contributed by atoms with van der Waals surface area (Å²) < 4.78 is 1.77. The Morgan fingerprint density at radius 2 is 2.20 bits per heavy atom. The molecule has 0 unspecified atom stereocenters. The normalized spacial score (nSPS) is 11.2. The molecule has 0 atom stereocenters. The number of fused-ring (bicyclic) bond motifs is 1. The summed E-state index contributed by atoms with van der Waals surface area (Å²) in [6.07, 6.45) is 0.908. The van der Waals surface area contributed by atoms with Gasteiger partial charge in [-0.3, -0.25) is 9.48 Å². The number of amides is 1. The van der Waals surface area contributed by atoms with Gasteiger partial charge in [-0.1, -0.05) is 6.92 Å². The highest BCUT2D eigenvalue weighted by Gasteiger charge is 2.20. The van der Waals surface area contributed by atoms with Crippen LogP contribution in [0.4, 0.5) is 5.69 Å². The van der Waals surface area contributed by atoms with Crippen LogP contribution >= 0.6 is 11.3 Å². The third-order valence-corrected chi connectivity index (χ3v) is 4.43. The lowest BCUT2D eigenvalue weighted by atomic mass is 10.2. The summed E-state index contributed by atoms with van der Waals surface area (Å²) in [5.41, 5.74) is 7.49. The molecule has 0 aliphatic heterocycles. The van der Waals surface area contributed by atoms with Crippen molar-refractivity contribution in [2.75, 3.05) is 25.4 Å².